The van der Waals surface area contributed by atoms with E-state index >= 15 is 0 Å². The molecule has 1 heterocycles. The van der Waals surface area contributed by atoms with Crippen LogP contribution in [0.15, 0.2) is 30.3 Å². The highest BCUT2D eigenvalue weighted by atomic mass is 32.1. The number of hydrogen-bond acceptors (Lipinski definition) is 3. The lowest BCUT2D eigenvalue weighted by Gasteiger charge is -2.08. The van der Waals surface area contributed by atoms with Crippen molar-refractivity contribution in [1.82, 2.24) is 0 Å². The number of thiophene rings is 1. The molecule has 0 saturated heterocycles. The summed E-state index contributed by atoms with van der Waals surface area (Å²) >= 11 is 1.30. The molecule has 0 bridgehead atoms. The molecule has 0 fully saturated rings. The molecule has 1 amide bonds. The average Bonchev–Trinajstić information content (AvgIpc) is 2.89. The normalized spacial score (nSPS) is 10.3. The van der Waals surface area contributed by atoms with E-state index in [2.05, 4.69) is 5.32 Å². The summed E-state index contributed by atoms with van der Waals surface area (Å²) in [4.78, 5) is 24.5. The second-order valence-electron chi connectivity index (χ2n) is 4.04. The van der Waals surface area contributed by atoms with Crippen LogP contribution in [0.1, 0.15) is 31.8 Å². The van der Waals surface area contributed by atoms with Crippen LogP contribution in [-0.2, 0) is 6.42 Å². The molecule has 6 heteroatoms. The molecule has 0 aliphatic rings. The molecule has 0 aliphatic heterocycles. The first kappa shape index (κ1) is 14.2. The van der Waals surface area contributed by atoms with Crippen LogP contribution in [0.3, 0.4) is 0 Å². The van der Waals surface area contributed by atoms with Crippen LogP contribution < -0.4 is 5.32 Å². The number of hydrogen-bond donors (Lipinski definition) is 2. The van der Waals surface area contributed by atoms with Gasteiger partial charge in [-0.2, -0.15) is 0 Å². The number of aryl methyl sites for hydroxylation is 1. The Morgan fingerprint density at radius 1 is 1.30 bits per heavy atom. The summed E-state index contributed by atoms with van der Waals surface area (Å²) in [5.41, 5.74) is -0.581. The third kappa shape index (κ3) is 2.85. The molecular formula is C14H12FNO3S. The number of carbonyl (C=O) groups excluding carboxylic acids is 1. The summed E-state index contributed by atoms with van der Waals surface area (Å²) in [6, 6.07) is 7.09. The van der Waals surface area contributed by atoms with Gasteiger partial charge in [0, 0.05) is 4.88 Å². The summed E-state index contributed by atoms with van der Waals surface area (Å²) in [5, 5.41) is 11.3. The topological polar surface area (TPSA) is 66.4 Å². The van der Waals surface area contributed by atoms with Crippen LogP contribution in [0, 0.1) is 5.82 Å². The lowest BCUT2D eigenvalue weighted by Crippen LogP contribution is -2.15. The van der Waals surface area contributed by atoms with Crippen molar-refractivity contribution in [2.75, 3.05) is 5.32 Å². The summed E-state index contributed by atoms with van der Waals surface area (Å²) in [6.07, 6.45) is 0.804. The average molecular weight is 293 g/mol. The standard InChI is InChI=1S/C14H12FNO3S/c1-2-8-6-7-11(20-8)13(17)16-12-9(14(18)19)4-3-5-10(12)15/h3-7H,2H2,1H3,(H,16,17)(H,18,19). The Balaban J connectivity index is 2.30. The first-order chi connectivity index (χ1) is 9.52. The Labute approximate surface area is 118 Å². The summed E-state index contributed by atoms with van der Waals surface area (Å²) in [5.74, 6) is -2.58. The molecule has 0 aliphatic carbocycles. The van der Waals surface area contributed by atoms with Gasteiger partial charge in [0.25, 0.3) is 5.91 Å². The van der Waals surface area contributed by atoms with Crippen LogP contribution in [0.4, 0.5) is 10.1 Å². The Bertz CT molecular complexity index is 666. The molecule has 0 atom stereocenters. The molecule has 0 unspecified atom stereocenters. The number of amides is 1. The van der Waals surface area contributed by atoms with Gasteiger partial charge < -0.3 is 10.4 Å². The number of nitrogens with one attached hydrogen (secondary N) is 1. The molecule has 4 nitrogen and oxygen atoms in total. The Morgan fingerprint density at radius 3 is 2.65 bits per heavy atom. The monoisotopic (exact) mass is 293 g/mol. The van der Waals surface area contributed by atoms with Gasteiger partial charge in [0.15, 0.2) is 0 Å². The van der Waals surface area contributed by atoms with E-state index in [0.29, 0.717) is 4.88 Å². The van der Waals surface area contributed by atoms with Crippen molar-refractivity contribution in [3.05, 3.63) is 51.5 Å². The van der Waals surface area contributed by atoms with Gasteiger partial charge in [0.1, 0.15) is 5.82 Å². The van der Waals surface area contributed by atoms with E-state index in [1.165, 1.54) is 23.5 Å². The lowest BCUT2D eigenvalue weighted by molar-refractivity contribution is 0.0697. The van der Waals surface area contributed by atoms with Gasteiger partial charge in [-0.15, -0.1) is 11.3 Å². The zero-order valence-electron chi connectivity index (χ0n) is 10.6. The van der Waals surface area contributed by atoms with Gasteiger partial charge in [-0.05, 0) is 30.7 Å². The predicted molar refractivity (Wildman–Crippen MR) is 75.0 cm³/mol. The van der Waals surface area contributed by atoms with Crippen molar-refractivity contribution in [3.8, 4) is 0 Å². The second-order valence-corrected chi connectivity index (χ2v) is 5.21. The fourth-order valence-electron chi connectivity index (χ4n) is 1.69. The molecule has 1 aromatic heterocycles. The molecular weight excluding hydrogens is 281 g/mol. The first-order valence-corrected chi connectivity index (χ1v) is 6.76. The van der Waals surface area contributed by atoms with Crippen molar-refractivity contribution in [2.24, 2.45) is 0 Å². The molecule has 1 aromatic carbocycles. The molecule has 2 rings (SSSR count). The van der Waals surface area contributed by atoms with Crippen molar-refractivity contribution >= 4 is 28.9 Å². The van der Waals surface area contributed by atoms with Crippen molar-refractivity contribution in [3.63, 3.8) is 0 Å². The van der Waals surface area contributed by atoms with E-state index in [1.807, 2.05) is 13.0 Å². The Morgan fingerprint density at radius 2 is 2.05 bits per heavy atom. The number of carboxylic acids is 1. The summed E-state index contributed by atoms with van der Waals surface area (Å²) < 4.78 is 13.7. The zero-order valence-corrected chi connectivity index (χ0v) is 11.5. The third-order valence-electron chi connectivity index (χ3n) is 2.72. The van der Waals surface area contributed by atoms with E-state index in [4.69, 9.17) is 5.11 Å². The Kier molecular flexibility index (Phi) is 4.14. The molecule has 0 saturated carbocycles. The second kappa shape index (κ2) is 5.83. The quantitative estimate of drug-likeness (QED) is 0.908. The number of carboxylic acid groups (broad SMARTS) is 1. The van der Waals surface area contributed by atoms with E-state index in [0.717, 1.165) is 17.4 Å². The zero-order chi connectivity index (χ0) is 14.7. The number of benzene rings is 1. The maximum absolute atomic E-state index is 13.7. The minimum Gasteiger partial charge on any atom is -0.478 e. The van der Waals surface area contributed by atoms with E-state index in [-0.39, 0.29) is 11.3 Å². The lowest BCUT2D eigenvalue weighted by atomic mass is 10.1. The van der Waals surface area contributed by atoms with Gasteiger partial charge in [-0.3, -0.25) is 4.79 Å². The van der Waals surface area contributed by atoms with E-state index in [1.54, 1.807) is 6.07 Å². The van der Waals surface area contributed by atoms with E-state index < -0.39 is 17.7 Å². The minimum atomic E-state index is -1.29. The SMILES string of the molecule is CCc1ccc(C(=O)Nc2c(F)cccc2C(=O)O)s1. The number of carbonyl (C=O) groups is 2. The fourth-order valence-corrected chi connectivity index (χ4v) is 2.54. The molecule has 104 valence electrons. The van der Waals surface area contributed by atoms with Crippen molar-refractivity contribution < 1.29 is 19.1 Å². The van der Waals surface area contributed by atoms with Crippen LogP contribution >= 0.6 is 11.3 Å². The van der Waals surface area contributed by atoms with Crippen molar-refractivity contribution in [2.45, 2.75) is 13.3 Å². The van der Waals surface area contributed by atoms with E-state index in [9.17, 15) is 14.0 Å². The Hall–Kier alpha value is -2.21. The predicted octanol–water partition coefficient (Wildman–Crippen LogP) is 3.40. The largest absolute Gasteiger partial charge is 0.478 e. The van der Waals surface area contributed by atoms with Crippen LogP contribution in [0.2, 0.25) is 0 Å². The summed E-state index contributed by atoms with van der Waals surface area (Å²) in [6.45, 7) is 1.97. The molecule has 0 radical (unpaired) electrons. The maximum Gasteiger partial charge on any atom is 0.337 e. The van der Waals surface area contributed by atoms with Crippen LogP contribution in [0.5, 0.6) is 0 Å². The van der Waals surface area contributed by atoms with Gasteiger partial charge in [-0.1, -0.05) is 13.0 Å². The number of halogens is 1. The molecule has 2 N–H and O–H groups in total. The molecule has 20 heavy (non-hydrogen) atoms. The highest BCUT2D eigenvalue weighted by Gasteiger charge is 2.18. The fraction of sp³-hybridized carbons (Fsp3) is 0.143. The number of anilines is 1. The number of rotatable bonds is 4. The number of aromatic carboxylic acids is 1. The highest BCUT2D eigenvalue weighted by Crippen LogP contribution is 2.23. The number of para-hydroxylation sites is 1. The first-order valence-electron chi connectivity index (χ1n) is 5.94. The summed E-state index contributed by atoms with van der Waals surface area (Å²) in [7, 11) is 0. The third-order valence-corrected chi connectivity index (χ3v) is 3.94. The minimum absolute atomic E-state index is 0.273. The van der Waals surface area contributed by atoms with Gasteiger partial charge in [-0.25, -0.2) is 9.18 Å². The van der Waals surface area contributed by atoms with Crippen LogP contribution in [0.25, 0.3) is 0 Å². The maximum atomic E-state index is 13.7. The van der Waals surface area contributed by atoms with Gasteiger partial charge in [0.05, 0.1) is 16.1 Å². The highest BCUT2D eigenvalue weighted by molar-refractivity contribution is 7.14. The smallest absolute Gasteiger partial charge is 0.337 e. The van der Waals surface area contributed by atoms with Crippen LogP contribution in [-0.4, -0.2) is 17.0 Å². The van der Waals surface area contributed by atoms with Gasteiger partial charge in [0.2, 0.25) is 0 Å². The van der Waals surface area contributed by atoms with Gasteiger partial charge >= 0.3 is 5.97 Å². The molecule has 0 spiro atoms. The molecule has 2 aromatic rings. The van der Waals surface area contributed by atoms with Crippen molar-refractivity contribution in [1.29, 1.82) is 0 Å².